The van der Waals surface area contributed by atoms with Gasteiger partial charge in [-0.1, -0.05) is 0 Å². The number of ether oxygens (including phenoxy) is 3. The van der Waals surface area contributed by atoms with Crippen LogP contribution in [-0.2, 0) is 9.53 Å². The lowest BCUT2D eigenvalue weighted by Crippen LogP contribution is -2.42. The van der Waals surface area contributed by atoms with Crippen molar-refractivity contribution in [3.63, 3.8) is 0 Å². The second kappa shape index (κ2) is 10.3. The van der Waals surface area contributed by atoms with Gasteiger partial charge in [0.15, 0.2) is 17.3 Å². The van der Waals surface area contributed by atoms with Gasteiger partial charge in [0.1, 0.15) is 0 Å². The van der Waals surface area contributed by atoms with E-state index in [1.54, 1.807) is 37.3 Å². The lowest BCUT2D eigenvalue weighted by Gasteiger charge is -2.29. The summed E-state index contributed by atoms with van der Waals surface area (Å²) < 4.78 is 16.1. The molecular weight excluding hydrogens is 348 g/mol. The van der Waals surface area contributed by atoms with Crippen LogP contribution >= 0.6 is 0 Å². The number of nitrogens with one attached hydrogen (secondary N) is 1. The van der Waals surface area contributed by atoms with E-state index in [0.717, 1.165) is 6.42 Å². The molecule has 1 saturated heterocycles. The third-order valence-corrected chi connectivity index (χ3v) is 4.61. The van der Waals surface area contributed by atoms with Crippen molar-refractivity contribution in [2.45, 2.75) is 26.3 Å². The van der Waals surface area contributed by atoms with Crippen molar-refractivity contribution >= 4 is 11.7 Å². The van der Waals surface area contributed by atoms with Crippen LogP contribution in [0.5, 0.6) is 11.5 Å². The summed E-state index contributed by atoms with van der Waals surface area (Å²) in [6, 6.07) is 5.16. The van der Waals surface area contributed by atoms with Crippen LogP contribution < -0.4 is 14.8 Å². The highest BCUT2D eigenvalue weighted by molar-refractivity contribution is 5.95. The van der Waals surface area contributed by atoms with E-state index in [0.29, 0.717) is 49.9 Å². The number of hydrogen-bond acceptors (Lipinski definition) is 6. The molecule has 150 valence electrons. The number of methoxy groups -OCH3 is 2. The van der Waals surface area contributed by atoms with Gasteiger partial charge in [0.2, 0.25) is 0 Å². The van der Waals surface area contributed by atoms with Gasteiger partial charge in [-0.05, 0) is 32.0 Å². The molecule has 1 aliphatic rings. The Balaban J connectivity index is 2.15. The van der Waals surface area contributed by atoms with Crippen LogP contribution in [0.25, 0.3) is 0 Å². The van der Waals surface area contributed by atoms with Gasteiger partial charge in [-0.2, -0.15) is 0 Å². The lowest BCUT2D eigenvalue weighted by molar-refractivity contribution is -0.119. The number of ketones is 1. The quantitative estimate of drug-likeness (QED) is 0.625. The minimum atomic E-state index is -0.153. The number of carbonyl (C=O) groups is 2. The van der Waals surface area contributed by atoms with Gasteiger partial charge < -0.3 is 24.4 Å². The third kappa shape index (κ3) is 5.68. The SMILES string of the molecule is COCCCOc1cc(C(=O)N(CC2CNCC2=O)C(C)C)ccc1OC. The van der Waals surface area contributed by atoms with Crippen LogP contribution in [0.1, 0.15) is 30.6 Å². The Kier molecular flexibility index (Phi) is 8.06. The number of hydrogen-bond donors (Lipinski definition) is 1. The van der Waals surface area contributed by atoms with Crippen molar-refractivity contribution in [3.8, 4) is 11.5 Å². The number of benzene rings is 1. The third-order valence-electron chi connectivity index (χ3n) is 4.61. The van der Waals surface area contributed by atoms with Crippen molar-refractivity contribution in [2.24, 2.45) is 5.92 Å². The minimum Gasteiger partial charge on any atom is -0.493 e. The number of nitrogens with zero attached hydrogens (tertiary/aromatic N) is 1. The van der Waals surface area contributed by atoms with Gasteiger partial charge in [-0.3, -0.25) is 9.59 Å². The molecule has 1 amide bonds. The Bertz CT molecular complexity index is 647. The molecule has 0 radical (unpaired) electrons. The highest BCUT2D eigenvalue weighted by Gasteiger charge is 2.30. The van der Waals surface area contributed by atoms with Gasteiger partial charge >= 0.3 is 0 Å². The fourth-order valence-electron chi connectivity index (χ4n) is 3.03. The van der Waals surface area contributed by atoms with E-state index in [9.17, 15) is 9.59 Å². The van der Waals surface area contributed by atoms with Crippen LogP contribution in [0.3, 0.4) is 0 Å². The fraction of sp³-hybridized carbons (Fsp3) is 0.600. The fourth-order valence-corrected chi connectivity index (χ4v) is 3.03. The van der Waals surface area contributed by atoms with E-state index in [2.05, 4.69) is 5.32 Å². The number of rotatable bonds is 10. The maximum Gasteiger partial charge on any atom is 0.254 e. The highest BCUT2D eigenvalue weighted by Crippen LogP contribution is 2.29. The summed E-state index contributed by atoms with van der Waals surface area (Å²) in [5, 5.41) is 3.07. The van der Waals surface area contributed by atoms with Crippen LogP contribution in [0.4, 0.5) is 0 Å². The Morgan fingerprint density at radius 1 is 1.26 bits per heavy atom. The maximum absolute atomic E-state index is 13.1. The van der Waals surface area contributed by atoms with Crippen LogP contribution in [-0.4, -0.2) is 69.7 Å². The summed E-state index contributed by atoms with van der Waals surface area (Å²) >= 11 is 0. The lowest BCUT2D eigenvalue weighted by atomic mass is 10.0. The Morgan fingerprint density at radius 3 is 2.63 bits per heavy atom. The average molecular weight is 378 g/mol. The second-order valence-corrected chi connectivity index (χ2v) is 6.91. The summed E-state index contributed by atoms with van der Waals surface area (Å²) in [4.78, 5) is 26.8. The second-order valence-electron chi connectivity index (χ2n) is 6.91. The summed E-state index contributed by atoms with van der Waals surface area (Å²) in [7, 11) is 3.21. The monoisotopic (exact) mass is 378 g/mol. The topological polar surface area (TPSA) is 77.1 Å². The van der Waals surface area contributed by atoms with E-state index in [-0.39, 0.29) is 23.7 Å². The van der Waals surface area contributed by atoms with Crippen molar-refractivity contribution < 1.29 is 23.8 Å². The molecule has 1 atom stereocenters. The Labute approximate surface area is 161 Å². The average Bonchev–Trinajstić information content (AvgIpc) is 3.07. The molecule has 0 spiro atoms. The normalized spacial score (nSPS) is 16.6. The molecule has 0 aromatic heterocycles. The molecule has 0 aliphatic carbocycles. The molecular formula is C20H30N2O5. The summed E-state index contributed by atoms with van der Waals surface area (Å²) in [5.74, 6) is 0.996. The first-order valence-electron chi connectivity index (χ1n) is 9.32. The van der Waals surface area contributed by atoms with Gasteiger partial charge in [0.05, 0.1) is 20.3 Å². The smallest absolute Gasteiger partial charge is 0.254 e. The molecule has 1 aromatic rings. The molecule has 2 rings (SSSR count). The molecule has 1 unspecified atom stereocenters. The van der Waals surface area contributed by atoms with E-state index >= 15 is 0 Å². The van der Waals surface area contributed by atoms with Crippen molar-refractivity contribution in [3.05, 3.63) is 23.8 Å². The van der Waals surface area contributed by atoms with E-state index < -0.39 is 0 Å². The van der Waals surface area contributed by atoms with E-state index in [1.807, 2.05) is 13.8 Å². The standard InChI is InChI=1S/C20H30N2O5/c1-14(2)22(13-16-11-21-12-17(16)23)20(24)15-6-7-18(26-4)19(10-15)27-9-5-8-25-3/h6-7,10,14,16,21H,5,8-9,11-13H2,1-4H3. The number of Topliss-reactive ketones (excluding diaryl/α,β-unsaturated/α-hetero) is 1. The molecule has 1 aliphatic heterocycles. The first-order valence-corrected chi connectivity index (χ1v) is 9.32. The van der Waals surface area contributed by atoms with Crippen LogP contribution in [0, 0.1) is 5.92 Å². The molecule has 1 fully saturated rings. The molecule has 1 aromatic carbocycles. The largest absolute Gasteiger partial charge is 0.493 e. The molecule has 7 heteroatoms. The summed E-state index contributed by atoms with van der Waals surface area (Å²) in [6.45, 7) is 6.40. The molecule has 1 N–H and O–H groups in total. The van der Waals surface area contributed by atoms with Crippen molar-refractivity contribution in [1.29, 1.82) is 0 Å². The first-order chi connectivity index (χ1) is 13.0. The molecule has 0 bridgehead atoms. The predicted molar refractivity (Wildman–Crippen MR) is 103 cm³/mol. The Hall–Kier alpha value is -2.12. The van der Waals surface area contributed by atoms with Gasteiger partial charge in [-0.25, -0.2) is 0 Å². The summed E-state index contributed by atoms with van der Waals surface area (Å²) in [6.07, 6.45) is 0.743. The highest BCUT2D eigenvalue weighted by atomic mass is 16.5. The van der Waals surface area contributed by atoms with Crippen LogP contribution in [0.2, 0.25) is 0 Å². The number of amides is 1. The number of carbonyl (C=O) groups excluding carboxylic acids is 2. The zero-order chi connectivity index (χ0) is 19.8. The molecule has 7 nitrogen and oxygen atoms in total. The van der Waals surface area contributed by atoms with Crippen molar-refractivity contribution in [2.75, 3.05) is 47.1 Å². The zero-order valence-electron chi connectivity index (χ0n) is 16.6. The van der Waals surface area contributed by atoms with E-state index in [4.69, 9.17) is 14.2 Å². The molecule has 27 heavy (non-hydrogen) atoms. The molecule has 1 heterocycles. The van der Waals surface area contributed by atoms with Gasteiger partial charge in [-0.15, -0.1) is 0 Å². The van der Waals surface area contributed by atoms with Gasteiger partial charge in [0.25, 0.3) is 5.91 Å². The Morgan fingerprint density at radius 2 is 2.04 bits per heavy atom. The van der Waals surface area contributed by atoms with E-state index in [1.165, 1.54) is 0 Å². The summed E-state index contributed by atoms with van der Waals surface area (Å²) in [5.41, 5.74) is 0.518. The predicted octanol–water partition coefficient (Wildman–Crippen LogP) is 1.75. The molecule has 0 saturated carbocycles. The van der Waals surface area contributed by atoms with Crippen molar-refractivity contribution in [1.82, 2.24) is 10.2 Å². The zero-order valence-corrected chi connectivity index (χ0v) is 16.6. The van der Waals surface area contributed by atoms with Crippen LogP contribution in [0.15, 0.2) is 18.2 Å². The van der Waals surface area contributed by atoms with Gasteiger partial charge in [0, 0.05) is 50.8 Å². The maximum atomic E-state index is 13.1. The minimum absolute atomic E-state index is 0.0147. The first kappa shape index (κ1) is 21.2.